The van der Waals surface area contributed by atoms with Gasteiger partial charge in [0, 0.05) is 30.7 Å². The lowest BCUT2D eigenvalue weighted by Crippen LogP contribution is -2.45. The molecule has 0 unspecified atom stereocenters. The van der Waals surface area contributed by atoms with Crippen LogP contribution in [0.3, 0.4) is 0 Å². The molecular formula is C13H21NO3S2. The van der Waals surface area contributed by atoms with Gasteiger partial charge in [0.25, 0.3) is 0 Å². The predicted octanol–water partition coefficient (Wildman–Crippen LogP) is 2.12. The topological polar surface area (TPSA) is 46.6 Å². The molecule has 0 atom stereocenters. The lowest BCUT2D eigenvalue weighted by molar-refractivity contribution is 0.0587. The fourth-order valence-corrected chi connectivity index (χ4v) is 4.43. The second kappa shape index (κ2) is 6.83. The Morgan fingerprint density at radius 1 is 1.42 bits per heavy atom. The average Bonchev–Trinajstić information content (AvgIpc) is 2.93. The van der Waals surface area contributed by atoms with E-state index in [9.17, 15) is 8.42 Å². The maximum absolute atomic E-state index is 12.2. The Bertz CT molecular complexity index is 464. The molecule has 0 aromatic carbocycles. The molecule has 0 saturated carbocycles. The van der Waals surface area contributed by atoms with E-state index in [0.717, 1.165) is 19.3 Å². The number of ether oxygens (including phenoxy) is 1. The van der Waals surface area contributed by atoms with E-state index in [0.29, 0.717) is 19.8 Å². The Labute approximate surface area is 119 Å². The molecule has 108 valence electrons. The molecule has 2 rings (SSSR count). The molecule has 19 heavy (non-hydrogen) atoms. The molecule has 1 aromatic heterocycles. The highest BCUT2D eigenvalue weighted by Gasteiger charge is 2.29. The first kappa shape index (κ1) is 15.0. The fourth-order valence-electron chi connectivity index (χ4n) is 2.36. The van der Waals surface area contributed by atoms with Gasteiger partial charge in [0.1, 0.15) is 0 Å². The third kappa shape index (κ3) is 4.02. The van der Waals surface area contributed by atoms with Crippen molar-refractivity contribution in [2.24, 2.45) is 0 Å². The summed E-state index contributed by atoms with van der Waals surface area (Å²) in [6.07, 6.45) is 2.42. The highest BCUT2D eigenvalue weighted by Crippen LogP contribution is 2.20. The van der Waals surface area contributed by atoms with Gasteiger partial charge < -0.3 is 4.74 Å². The molecule has 0 radical (unpaired) electrons. The lowest BCUT2D eigenvalue weighted by atomic mass is 10.1. The first-order valence-corrected chi connectivity index (χ1v) is 9.22. The predicted molar refractivity (Wildman–Crippen MR) is 78.0 cm³/mol. The standard InChI is InChI=1S/C13H21NO3S2/c1-2-19(15,16)14(12-6-9-17-10-7-12)8-5-13-4-3-11-18-13/h3-4,11-12H,2,5-10H2,1H3. The fraction of sp³-hybridized carbons (Fsp3) is 0.692. The van der Waals surface area contributed by atoms with E-state index >= 15 is 0 Å². The third-order valence-corrected chi connectivity index (χ3v) is 6.34. The average molecular weight is 303 g/mol. The number of rotatable bonds is 6. The lowest BCUT2D eigenvalue weighted by Gasteiger charge is -2.33. The maximum Gasteiger partial charge on any atom is 0.214 e. The van der Waals surface area contributed by atoms with Crippen LogP contribution >= 0.6 is 11.3 Å². The molecule has 1 aromatic rings. The Kier molecular flexibility index (Phi) is 5.38. The molecule has 1 saturated heterocycles. The van der Waals surface area contributed by atoms with E-state index < -0.39 is 10.0 Å². The van der Waals surface area contributed by atoms with Gasteiger partial charge in [-0.25, -0.2) is 8.42 Å². The van der Waals surface area contributed by atoms with Crippen molar-refractivity contribution in [2.45, 2.75) is 32.2 Å². The van der Waals surface area contributed by atoms with Gasteiger partial charge in [-0.05, 0) is 37.6 Å². The van der Waals surface area contributed by atoms with Crippen LogP contribution in [0.25, 0.3) is 0 Å². The van der Waals surface area contributed by atoms with E-state index in [1.165, 1.54) is 4.88 Å². The zero-order valence-corrected chi connectivity index (χ0v) is 12.9. The summed E-state index contributed by atoms with van der Waals surface area (Å²) in [5, 5.41) is 2.03. The summed E-state index contributed by atoms with van der Waals surface area (Å²) in [4.78, 5) is 1.24. The van der Waals surface area contributed by atoms with Crippen molar-refractivity contribution in [3.8, 4) is 0 Å². The van der Waals surface area contributed by atoms with Crippen molar-refractivity contribution in [2.75, 3.05) is 25.5 Å². The van der Waals surface area contributed by atoms with Gasteiger partial charge in [-0.15, -0.1) is 11.3 Å². The summed E-state index contributed by atoms with van der Waals surface area (Å²) in [6.45, 7) is 3.63. The van der Waals surface area contributed by atoms with Crippen molar-refractivity contribution in [3.63, 3.8) is 0 Å². The number of hydrogen-bond donors (Lipinski definition) is 0. The molecule has 1 aliphatic rings. The minimum atomic E-state index is -3.13. The molecule has 4 nitrogen and oxygen atoms in total. The number of nitrogens with zero attached hydrogens (tertiary/aromatic N) is 1. The Balaban J connectivity index is 2.05. The van der Waals surface area contributed by atoms with Gasteiger partial charge in [0.05, 0.1) is 5.75 Å². The second-order valence-corrected chi connectivity index (χ2v) is 7.93. The molecule has 0 N–H and O–H groups in total. The van der Waals surface area contributed by atoms with E-state index in [1.54, 1.807) is 22.6 Å². The third-order valence-electron chi connectivity index (χ3n) is 3.48. The summed E-state index contributed by atoms with van der Waals surface area (Å²) in [7, 11) is -3.13. The van der Waals surface area contributed by atoms with Crippen LogP contribution in [0.1, 0.15) is 24.6 Å². The first-order valence-electron chi connectivity index (χ1n) is 6.73. The number of thiophene rings is 1. The zero-order chi connectivity index (χ0) is 13.7. The van der Waals surface area contributed by atoms with Crippen LogP contribution in [0.2, 0.25) is 0 Å². The van der Waals surface area contributed by atoms with Crippen molar-refractivity contribution < 1.29 is 13.2 Å². The molecule has 0 aliphatic carbocycles. The molecule has 2 heterocycles. The molecule has 1 aliphatic heterocycles. The smallest absolute Gasteiger partial charge is 0.214 e. The van der Waals surface area contributed by atoms with Crippen molar-refractivity contribution in [1.82, 2.24) is 4.31 Å². The largest absolute Gasteiger partial charge is 0.381 e. The van der Waals surface area contributed by atoms with Crippen molar-refractivity contribution >= 4 is 21.4 Å². The van der Waals surface area contributed by atoms with Crippen molar-refractivity contribution in [3.05, 3.63) is 22.4 Å². The summed E-state index contributed by atoms with van der Waals surface area (Å²) in [5.74, 6) is 0.175. The number of sulfonamides is 1. The molecule has 6 heteroatoms. The first-order chi connectivity index (χ1) is 9.13. The maximum atomic E-state index is 12.2. The zero-order valence-electron chi connectivity index (χ0n) is 11.2. The van der Waals surface area contributed by atoms with E-state index in [2.05, 4.69) is 6.07 Å². The summed E-state index contributed by atoms with van der Waals surface area (Å²) < 4.78 is 31.5. The van der Waals surface area contributed by atoms with Crippen molar-refractivity contribution in [1.29, 1.82) is 0 Å². The van der Waals surface area contributed by atoms with E-state index in [1.807, 2.05) is 11.4 Å². The van der Waals surface area contributed by atoms with Gasteiger partial charge >= 0.3 is 0 Å². The molecular weight excluding hydrogens is 282 g/mol. The minimum absolute atomic E-state index is 0.110. The SMILES string of the molecule is CCS(=O)(=O)N(CCc1cccs1)C1CCOCC1. The van der Waals surface area contributed by atoms with Crippen LogP contribution in [0.4, 0.5) is 0 Å². The van der Waals surface area contributed by atoms with Gasteiger partial charge in [-0.1, -0.05) is 6.07 Å². The van der Waals surface area contributed by atoms with Crippen LogP contribution in [-0.4, -0.2) is 44.3 Å². The molecule has 0 spiro atoms. The van der Waals surface area contributed by atoms with E-state index in [4.69, 9.17) is 4.74 Å². The molecule has 1 fully saturated rings. The molecule has 0 amide bonds. The number of hydrogen-bond acceptors (Lipinski definition) is 4. The Morgan fingerprint density at radius 2 is 2.16 bits per heavy atom. The van der Waals surface area contributed by atoms with Gasteiger partial charge in [0.15, 0.2) is 0 Å². The van der Waals surface area contributed by atoms with Crippen LogP contribution in [0.5, 0.6) is 0 Å². The van der Waals surface area contributed by atoms with Crippen LogP contribution in [0, 0.1) is 0 Å². The highest BCUT2D eigenvalue weighted by atomic mass is 32.2. The van der Waals surface area contributed by atoms with E-state index in [-0.39, 0.29) is 11.8 Å². The Hall–Kier alpha value is -0.430. The quantitative estimate of drug-likeness (QED) is 0.809. The van der Waals surface area contributed by atoms with Crippen LogP contribution in [-0.2, 0) is 21.2 Å². The van der Waals surface area contributed by atoms with Gasteiger partial charge in [-0.3, -0.25) is 0 Å². The normalized spacial score (nSPS) is 18.0. The van der Waals surface area contributed by atoms with Crippen LogP contribution < -0.4 is 0 Å². The minimum Gasteiger partial charge on any atom is -0.381 e. The second-order valence-electron chi connectivity index (χ2n) is 4.68. The molecule has 0 bridgehead atoms. The van der Waals surface area contributed by atoms with Crippen LogP contribution in [0.15, 0.2) is 17.5 Å². The summed E-state index contributed by atoms with van der Waals surface area (Å²) in [6, 6.07) is 4.18. The summed E-state index contributed by atoms with van der Waals surface area (Å²) in [5.41, 5.74) is 0. The summed E-state index contributed by atoms with van der Waals surface area (Å²) >= 11 is 1.68. The van der Waals surface area contributed by atoms with Gasteiger partial charge in [0.2, 0.25) is 10.0 Å². The highest BCUT2D eigenvalue weighted by molar-refractivity contribution is 7.89. The van der Waals surface area contributed by atoms with Gasteiger partial charge in [-0.2, -0.15) is 4.31 Å². The monoisotopic (exact) mass is 303 g/mol. The Morgan fingerprint density at radius 3 is 2.74 bits per heavy atom.